The molecule has 0 bridgehead atoms. The summed E-state index contributed by atoms with van der Waals surface area (Å²) in [6.45, 7) is 6.92. The van der Waals surface area contributed by atoms with Gasteiger partial charge in [0, 0.05) is 37.7 Å². The topological polar surface area (TPSA) is 35.6 Å². The maximum absolute atomic E-state index is 12.3. The first-order valence-corrected chi connectivity index (χ1v) is 9.50. The van der Waals surface area contributed by atoms with Crippen molar-refractivity contribution in [2.45, 2.75) is 13.5 Å². The van der Waals surface area contributed by atoms with Gasteiger partial charge in [-0.05, 0) is 42.3 Å². The van der Waals surface area contributed by atoms with Crippen molar-refractivity contribution in [2.75, 3.05) is 38.0 Å². The molecule has 1 fully saturated rings. The van der Waals surface area contributed by atoms with Gasteiger partial charge in [0.2, 0.25) is 5.91 Å². The van der Waals surface area contributed by atoms with Gasteiger partial charge in [0.15, 0.2) is 0 Å². The minimum absolute atomic E-state index is 0.0260. The minimum atomic E-state index is -0.0260. The molecule has 0 aliphatic carbocycles. The Hall–Kier alpha value is -1.59. The predicted molar refractivity (Wildman–Crippen MR) is 108 cm³/mol. The Morgan fingerprint density at radius 3 is 2.31 bits per heavy atom. The number of carbonyl (C=O) groups excluding carboxylic acids is 1. The maximum Gasteiger partial charge on any atom is 0.238 e. The summed E-state index contributed by atoms with van der Waals surface area (Å²) in [5.74, 6) is -0.0260. The van der Waals surface area contributed by atoms with Gasteiger partial charge in [-0.25, -0.2) is 0 Å². The van der Waals surface area contributed by atoms with E-state index in [9.17, 15) is 4.79 Å². The molecule has 0 aromatic heterocycles. The predicted octanol–water partition coefficient (Wildman–Crippen LogP) is 4.06. The number of rotatable bonds is 5. The molecule has 1 aliphatic heterocycles. The molecule has 4 nitrogen and oxygen atoms in total. The largest absolute Gasteiger partial charge is 0.324 e. The fourth-order valence-corrected chi connectivity index (χ4v) is 3.48. The van der Waals surface area contributed by atoms with Crippen LogP contribution in [0.5, 0.6) is 0 Å². The van der Waals surface area contributed by atoms with E-state index in [2.05, 4.69) is 27.2 Å². The molecule has 6 heteroatoms. The van der Waals surface area contributed by atoms with Gasteiger partial charge >= 0.3 is 0 Å². The van der Waals surface area contributed by atoms with Gasteiger partial charge < -0.3 is 5.32 Å². The van der Waals surface area contributed by atoms with Gasteiger partial charge in [-0.2, -0.15) is 0 Å². The third-order valence-corrected chi connectivity index (χ3v) is 5.11. The Kier molecular flexibility index (Phi) is 6.54. The van der Waals surface area contributed by atoms with Gasteiger partial charge in [-0.3, -0.25) is 14.6 Å². The monoisotopic (exact) mass is 391 g/mol. The average molecular weight is 392 g/mol. The molecule has 3 rings (SSSR count). The number of carbonyl (C=O) groups is 1. The molecule has 1 N–H and O–H groups in total. The Bertz CT molecular complexity index is 756. The summed E-state index contributed by atoms with van der Waals surface area (Å²) in [6, 6.07) is 13.6. The molecule has 1 aliphatic rings. The maximum atomic E-state index is 12.3. The highest BCUT2D eigenvalue weighted by molar-refractivity contribution is 6.33. The zero-order chi connectivity index (χ0) is 18.5. The highest BCUT2D eigenvalue weighted by Gasteiger charge is 2.19. The molecule has 2 aromatic rings. The minimum Gasteiger partial charge on any atom is -0.324 e. The van der Waals surface area contributed by atoms with E-state index in [0.717, 1.165) is 43.3 Å². The lowest BCUT2D eigenvalue weighted by Crippen LogP contribution is -2.48. The van der Waals surface area contributed by atoms with Crippen LogP contribution in [0.25, 0.3) is 0 Å². The number of amides is 1. The van der Waals surface area contributed by atoms with E-state index in [0.29, 0.717) is 17.3 Å². The third-order valence-electron chi connectivity index (χ3n) is 4.55. The van der Waals surface area contributed by atoms with Gasteiger partial charge in [0.1, 0.15) is 0 Å². The number of anilines is 1. The summed E-state index contributed by atoms with van der Waals surface area (Å²) in [6.07, 6.45) is 0. The Morgan fingerprint density at radius 1 is 1.00 bits per heavy atom. The summed E-state index contributed by atoms with van der Waals surface area (Å²) in [5.41, 5.74) is 3.00. The van der Waals surface area contributed by atoms with Crippen molar-refractivity contribution in [3.05, 3.63) is 63.6 Å². The van der Waals surface area contributed by atoms with E-state index in [1.54, 1.807) is 0 Å². The number of aryl methyl sites for hydroxylation is 1. The zero-order valence-electron chi connectivity index (χ0n) is 14.8. The molecule has 0 unspecified atom stereocenters. The fourth-order valence-electron chi connectivity index (χ4n) is 3.07. The fraction of sp³-hybridized carbons (Fsp3) is 0.350. The second-order valence-electron chi connectivity index (χ2n) is 6.71. The normalized spacial score (nSPS) is 15.8. The van der Waals surface area contributed by atoms with Crippen molar-refractivity contribution in [2.24, 2.45) is 0 Å². The van der Waals surface area contributed by atoms with Crippen molar-refractivity contribution >= 4 is 34.8 Å². The molecule has 138 valence electrons. The average Bonchev–Trinajstić information content (AvgIpc) is 2.61. The molecule has 2 aromatic carbocycles. The molecule has 1 amide bonds. The Morgan fingerprint density at radius 2 is 1.65 bits per heavy atom. The highest BCUT2D eigenvalue weighted by atomic mass is 35.5. The molecule has 1 heterocycles. The summed E-state index contributed by atoms with van der Waals surface area (Å²) in [4.78, 5) is 16.9. The van der Waals surface area contributed by atoms with Gasteiger partial charge in [0.05, 0.1) is 17.3 Å². The molecule has 0 atom stereocenters. The lowest BCUT2D eigenvalue weighted by Gasteiger charge is -2.34. The van der Waals surface area contributed by atoms with Crippen molar-refractivity contribution in [3.8, 4) is 0 Å². The summed E-state index contributed by atoms with van der Waals surface area (Å²) < 4.78 is 0. The number of nitrogens with one attached hydrogen (secondary N) is 1. The van der Waals surface area contributed by atoms with E-state index in [1.165, 1.54) is 5.56 Å². The smallest absolute Gasteiger partial charge is 0.238 e. The van der Waals surface area contributed by atoms with Crippen LogP contribution in [0.1, 0.15) is 11.1 Å². The second kappa shape index (κ2) is 8.87. The zero-order valence-corrected chi connectivity index (χ0v) is 16.4. The van der Waals surface area contributed by atoms with E-state index in [-0.39, 0.29) is 5.91 Å². The number of benzene rings is 2. The molecular weight excluding hydrogens is 369 g/mol. The first-order valence-electron chi connectivity index (χ1n) is 8.75. The van der Waals surface area contributed by atoms with E-state index in [4.69, 9.17) is 23.2 Å². The standard InChI is InChI=1S/C20H23Cl2N3O/c1-15-2-7-19(18(22)12-15)23-20(26)14-25-10-8-24(9-11-25)13-16-3-5-17(21)6-4-16/h2-7,12H,8-11,13-14H2,1H3,(H,23,26). The van der Waals surface area contributed by atoms with Crippen LogP contribution >= 0.6 is 23.2 Å². The van der Waals surface area contributed by atoms with Crippen LogP contribution in [-0.2, 0) is 11.3 Å². The van der Waals surface area contributed by atoms with Gasteiger partial charge in [-0.15, -0.1) is 0 Å². The van der Waals surface area contributed by atoms with Crippen molar-refractivity contribution in [3.63, 3.8) is 0 Å². The van der Waals surface area contributed by atoms with Crippen molar-refractivity contribution < 1.29 is 4.79 Å². The molecule has 0 saturated carbocycles. The molecule has 0 spiro atoms. The van der Waals surface area contributed by atoms with Crippen LogP contribution in [0.3, 0.4) is 0 Å². The molecule has 26 heavy (non-hydrogen) atoms. The van der Waals surface area contributed by atoms with Gasteiger partial charge in [0.25, 0.3) is 0 Å². The SMILES string of the molecule is Cc1ccc(NC(=O)CN2CCN(Cc3ccc(Cl)cc3)CC2)c(Cl)c1. The van der Waals surface area contributed by atoms with Crippen LogP contribution in [0.4, 0.5) is 5.69 Å². The second-order valence-corrected chi connectivity index (χ2v) is 7.55. The Labute approximate surface area is 164 Å². The van der Waals surface area contributed by atoms with Crippen LogP contribution < -0.4 is 5.32 Å². The van der Waals surface area contributed by atoms with Crippen LogP contribution in [0.2, 0.25) is 10.0 Å². The highest BCUT2D eigenvalue weighted by Crippen LogP contribution is 2.22. The number of piperazine rings is 1. The first-order chi connectivity index (χ1) is 12.5. The first kappa shape index (κ1) is 19.2. The van der Waals surface area contributed by atoms with Crippen LogP contribution in [-0.4, -0.2) is 48.4 Å². The van der Waals surface area contributed by atoms with E-state index in [1.807, 2.05) is 37.3 Å². The quantitative estimate of drug-likeness (QED) is 0.834. The summed E-state index contributed by atoms with van der Waals surface area (Å²) in [5, 5.41) is 4.24. The molecular formula is C20H23Cl2N3O. The number of hydrogen-bond donors (Lipinski definition) is 1. The third kappa shape index (κ3) is 5.45. The number of nitrogens with zero attached hydrogens (tertiary/aromatic N) is 2. The summed E-state index contributed by atoms with van der Waals surface area (Å²) in [7, 11) is 0. The number of hydrogen-bond acceptors (Lipinski definition) is 3. The van der Waals surface area contributed by atoms with E-state index >= 15 is 0 Å². The van der Waals surface area contributed by atoms with Crippen LogP contribution in [0.15, 0.2) is 42.5 Å². The van der Waals surface area contributed by atoms with Crippen LogP contribution in [0, 0.1) is 6.92 Å². The lowest BCUT2D eigenvalue weighted by molar-refractivity contribution is -0.117. The number of halogens is 2. The molecule has 0 radical (unpaired) electrons. The van der Waals surface area contributed by atoms with Crippen molar-refractivity contribution in [1.82, 2.24) is 9.80 Å². The van der Waals surface area contributed by atoms with Crippen molar-refractivity contribution in [1.29, 1.82) is 0 Å². The Balaban J connectivity index is 1.44. The lowest BCUT2D eigenvalue weighted by atomic mass is 10.2. The van der Waals surface area contributed by atoms with Gasteiger partial charge in [-0.1, -0.05) is 41.4 Å². The van der Waals surface area contributed by atoms with E-state index < -0.39 is 0 Å². The summed E-state index contributed by atoms with van der Waals surface area (Å²) >= 11 is 12.1. The molecule has 1 saturated heterocycles.